The summed E-state index contributed by atoms with van der Waals surface area (Å²) in [5.74, 6) is 0.913. The van der Waals surface area contributed by atoms with Gasteiger partial charge in [0.15, 0.2) is 0 Å². The van der Waals surface area contributed by atoms with Crippen molar-refractivity contribution in [3.8, 4) is 11.5 Å². The van der Waals surface area contributed by atoms with Gasteiger partial charge in [-0.1, -0.05) is 18.1 Å². The number of aromatic nitrogens is 3. The highest BCUT2D eigenvalue weighted by atomic mass is 16.5. The summed E-state index contributed by atoms with van der Waals surface area (Å²) in [7, 11) is 0. The highest BCUT2D eigenvalue weighted by Gasteiger charge is 2.23. The Labute approximate surface area is 100 Å². The minimum Gasteiger partial charge on any atom is -0.337 e. The van der Waals surface area contributed by atoms with Gasteiger partial charge in [-0.3, -0.25) is 4.98 Å². The maximum atomic E-state index is 5.90. The first-order valence-electron chi connectivity index (χ1n) is 5.59. The summed E-state index contributed by atoms with van der Waals surface area (Å²) < 4.78 is 5.16. The predicted octanol–water partition coefficient (Wildman–Crippen LogP) is 1.89. The maximum absolute atomic E-state index is 5.90. The quantitative estimate of drug-likeness (QED) is 0.874. The molecule has 0 radical (unpaired) electrons. The summed E-state index contributed by atoms with van der Waals surface area (Å²) >= 11 is 0. The first-order chi connectivity index (χ1) is 8.02. The average molecular weight is 232 g/mol. The van der Waals surface area contributed by atoms with E-state index in [4.69, 9.17) is 10.3 Å². The molecule has 0 aliphatic heterocycles. The molecule has 2 heterocycles. The molecule has 17 heavy (non-hydrogen) atoms. The largest absolute Gasteiger partial charge is 0.337 e. The van der Waals surface area contributed by atoms with Crippen LogP contribution in [0.15, 0.2) is 22.9 Å². The van der Waals surface area contributed by atoms with Crippen molar-refractivity contribution in [2.24, 2.45) is 5.73 Å². The molecule has 0 amide bonds. The molecule has 0 saturated heterocycles. The van der Waals surface area contributed by atoms with Crippen molar-refractivity contribution in [2.45, 2.75) is 32.7 Å². The zero-order valence-electron chi connectivity index (χ0n) is 10.3. The van der Waals surface area contributed by atoms with E-state index in [1.54, 1.807) is 6.20 Å². The summed E-state index contributed by atoms with van der Waals surface area (Å²) in [5.41, 5.74) is 7.12. The van der Waals surface area contributed by atoms with E-state index in [-0.39, 0.29) is 0 Å². The molecule has 90 valence electrons. The molecule has 2 rings (SSSR count). The van der Waals surface area contributed by atoms with E-state index >= 15 is 0 Å². The Bertz CT molecular complexity index is 513. The molecule has 0 aliphatic rings. The van der Waals surface area contributed by atoms with Crippen LogP contribution >= 0.6 is 0 Å². The molecule has 2 aromatic heterocycles. The molecule has 0 atom stereocenters. The minimum absolute atomic E-state index is 0.417. The van der Waals surface area contributed by atoms with Gasteiger partial charge < -0.3 is 10.3 Å². The Morgan fingerprint density at radius 1 is 1.41 bits per heavy atom. The number of hydrogen-bond acceptors (Lipinski definition) is 5. The SMILES string of the molecule is CCc1cccnc1-c1noc(C(C)(C)N)n1. The van der Waals surface area contributed by atoms with Crippen LogP contribution in [-0.4, -0.2) is 15.1 Å². The molecule has 0 aromatic carbocycles. The summed E-state index contributed by atoms with van der Waals surface area (Å²) in [6, 6.07) is 3.90. The first kappa shape index (κ1) is 11.7. The Balaban J connectivity index is 2.44. The van der Waals surface area contributed by atoms with Crippen molar-refractivity contribution in [1.82, 2.24) is 15.1 Å². The molecule has 5 nitrogen and oxygen atoms in total. The third kappa shape index (κ3) is 2.34. The predicted molar refractivity (Wildman–Crippen MR) is 64.1 cm³/mol. The van der Waals surface area contributed by atoms with Crippen molar-refractivity contribution in [3.63, 3.8) is 0 Å². The van der Waals surface area contributed by atoms with Gasteiger partial charge in [-0.15, -0.1) is 0 Å². The molecule has 0 spiro atoms. The van der Waals surface area contributed by atoms with E-state index < -0.39 is 5.54 Å². The Hall–Kier alpha value is -1.75. The van der Waals surface area contributed by atoms with Crippen molar-refractivity contribution < 1.29 is 4.52 Å². The lowest BCUT2D eigenvalue weighted by atomic mass is 10.1. The highest BCUT2D eigenvalue weighted by molar-refractivity contribution is 5.53. The summed E-state index contributed by atoms with van der Waals surface area (Å²) in [6.45, 7) is 5.71. The third-order valence-corrected chi connectivity index (χ3v) is 2.46. The van der Waals surface area contributed by atoms with Gasteiger partial charge in [-0.25, -0.2) is 0 Å². The highest BCUT2D eigenvalue weighted by Crippen LogP contribution is 2.21. The Morgan fingerprint density at radius 2 is 2.18 bits per heavy atom. The van der Waals surface area contributed by atoms with Crippen LogP contribution in [0.4, 0.5) is 0 Å². The van der Waals surface area contributed by atoms with Gasteiger partial charge in [0.1, 0.15) is 5.69 Å². The lowest BCUT2D eigenvalue weighted by molar-refractivity contribution is 0.312. The van der Waals surface area contributed by atoms with Crippen LogP contribution in [0.5, 0.6) is 0 Å². The smallest absolute Gasteiger partial charge is 0.246 e. The van der Waals surface area contributed by atoms with Crippen LogP contribution in [0.3, 0.4) is 0 Å². The van der Waals surface area contributed by atoms with Crippen LogP contribution in [0.25, 0.3) is 11.5 Å². The zero-order valence-corrected chi connectivity index (χ0v) is 10.3. The van der Waals surface area contributed by atoms with Crippen LogP contribution in [0.1, 0.15) is 32.2 Å². The molecule has 0 bridgehead atoms. The molecule has 0 fully saturated rings. The van der Waals surface area contributed by atoms with Crippen LogP contribution in [-0.2, 0) is 12.0 Å². The van der Waals surface area contributed by atoms with Crippen molar-refractivity contribution in [1.29, 1.82) is 0 Å². The molecule has 2 N–H and O–H groups in total. The van der Waals surface area contributed by atoms with Crippen LogP contribution < -0.4 is 5.73 Å². The van der Waals surface area contributed by atoms with E-state index in [0.29, 0.717) is 11.7 Å². The number of aryl methyl sites for hydroxylation is 1. The number of nitrogens with zero attached hydrogens (tertiary/aromatic N) is 3. The van der Waals surface area contributed by atoms with Gasteiger partial charge in [0.2, 0.25) is 11.7 Å². The Kier molecular flexibility index (Phi) is 2.93. The van der Waals surface area contributed by atoms with Crippen molar-refractivity contribution in [2.75, 3.05) is 0 Å². The topological polar surface area (TPSA) is 77.8 Å². The molecular weight excluding hydrogens is 216 g/mol. The van der Waals surface area contributed by atoms with Crippen LogP contribution in [0, 0.1) is 0 Å². The third-order valence-electron chi connectivity index (χ3n) is 2.46. The van der Waals surface area contributed by atoms with E-state index in [1.165, 1.54) is 0 Å². The average Bonchev–Trinajstić information content (AvgIpc) is 2.77. The van der Waals surface area contributed by atoms with Gasteiger partial charge in [-0.2, -0.15) is 4.98 Å². The number of nitrogens with two attached hydrogens (primary N) is 1. The van der Waals surface area contributed by atoms with Crippen molar-refractivity contribution in [3.05, 3.63) is 29.8 Å². The lowest BCUT2D eigenvalue weighted by Gasteiger charge is -2.10. The summed E-state index contributed by atoms with van der Waals surface area (Å²) in [6.07, 6.45) is 2.59. The van der Waals surface area contributed by atoms with Crippen LogP contribution in [0.2, 0.25) is 0 Å². The fraction of sp³-hybridized carbons (Fsp3) is 0.417. The van der Waals surface area contributed by atoms with E-state index in [9.17, 15) is 0 Å². The summed E-state index contributed by atoms with van der Waals surface area (Å²) in [5, 5.41) is 3.93. The minimum atomic E-state index is -0.633. The zero-order chi connectivity index (χ0) is 12.5. The standard InChI is InChI=1S/C12H16N4O/c1-4-8-6-5-7-14-9(8)10-15-11(17-16-10)12(2,3)13/h5-7H,4,13H2,1-3H3. The summed E-state index contributed by atoms with van der Waals surface area (Å²) in [4.78, 5) is 8.58. The number of hydrogen-bond donors (Lipinski definition) is 1. The normalized spacial score (nSPS) is 11.8. The monoisotopic (exact) mass is 232 g/mol. The van der Waals surface area contributed by atoms with Gasteiger partial charge in [0.05, 0.1) is 5.54 Å². The van der Waals surface area contributed by atoms with E-state index in [0.717, 1.165) is 17.7 Å². The van der Waals surface area contributed by atoms with E-state index in [1.807, 2.05) is 26.0 Å². The second-order valence-corrected chi connectivity index (χ2v) is 4.51. The maximum Gasteiger partial charge on any atom is 0.246 e. The van der Waals surface area contributed by atoms with E-state index in [2.05, 4.69) is 22.0 Å². The number of rotatable bonds is 3. The molecule has 0 aliphatic carbocycles. The molecule has 0 unspecified atom stereocenters. The van der Waals surface area contributed by atoms with Gasteiger partial charge in [-0.05, 0) is 31.9 Å². The molecular formula is C12H16N4O. The van der Waals surface area contributed by atoms with Crippen molar-refractivity contribution >= 4 is 0 Å². The first-order valence-corrected chi connectivity index (χ1v) is 5.59. The number of pyridine rings is 1. The second-order valence-electron chi connectivity index (χ2n) is 4.51. The molecule has 5 heteroatoms. The van der Waals surface area contributed by atoms with Gasteiger partial charge in [0, 0.05) is 6.20 Å². The molecule has 0 saturated carbocycles. The lowest BCUT2D eigenvalue weighted by Crippen LogP contribution is -2.29. The fourth-order valence-corrected chi connectivity index (χ4v) is 1.51. The second kappa shape index (κ2) is 4.25. The van der Waals surface area contributed by atoms with Gasteiger partial charge >= 0.3 is 0 Å². The van der Waals surface area contributed by atoms with Gasteiger partial charge in [0.25, 0.3) is 0 Å². The molecule has 2 aromatic rings. The fourth-order valence-electron chi connectivity index (χ4n) is 1.51. The Morgan fingerprint density at radius 3 is 2.76 bits per heavy atom.